The highest BCUT2D eigenvalue weighted by Gasteiger charge is 2.29. The van der Waals surface area contributed by atoms with E-state index in [9.17, 15) is 9.59 Å². The van der Waals surface area contributed by atoms with Crippen molar-refractivity contribution in [1.82, 2.24) is 14.4 Å². The van der Waals surface area contributed by atoms with Crippen LogP contribution in [-0.4, -0.2) is 65.6 Å². The Morgan fingerprint density at radius 2 is 1.76 bits per heavy atom. The number of hydrogen-bond acceptors (Lipinski definition) is 4. The molecule has 2 aromatic rings. The summed E-state index contributed by atoms with van der Waals surface area (Å²) in [6, 6.07) is 12.1. The van der Waals surface area contributed by atoms with Crippen LogP contribution in [-0.2, 0) is 27.4 Å². The Balaban J connectivity index is 2.15. The minimum atomic E-state index is -0.398. The second kappa shape index (κ2) is 15.5. The van der Waals surface area contributed by atoms with E-state index < -0.39 is 5.54 Å². The minimum Gasteiger partial charge on any atom is -0.497 e. The zero-order chi connectivity index (χ0) is 27.3. The average molecular weight is 514 g/mol. The van der Waals surface area contributed by atoms with Gasteiger partial charge < -0.3 is 23.8 Å². The Labute approximate surface area is 223 Å². The van der Waals surface area contributed by atoms with Gasteiger partial charge in [-0.2, -0.15) is 0 Å². The standard InChI is InChI=1S/C30H47N3O4/c1-7-8-9-10-17-28(34)32(19-13-20-36-5)24-29(35)33(30(2,3)4)23-26-15-12-18-31(26)22-25-14-11-16-27(21-25)37-6/h11-12,14-16,18,21H,7-10,13,17,19-20,22-24H2,1-6H3. The van der Waals surface area contributed by atoms with Gasteiger partial charge in [0.1, 0.15) is 5.75 Å². The lowest BCUT2D eigenvalue weighted by Crippen LogP contribution is -2.50. The van der Waals surface area contributed by atoms with Crippen molar-refractivity contribution in [3.63, 3.8) is 0 Å². The van der Waals surface area contributed by atoms with Crippen LogP contribution in [0.1, 0.15) is 77.5 Å². The molecule has 0 aliphatic carbocycles. The van der Waals surface area contributed by atoms with Crippen molar-refractivity contribution >= 4 is 11.8 Å². The molecule has 1 aromatic heterocycles. The molecule has 2 amide bonds. The molecular formula is C30H47N3O4. The molecular weight excluding hydrogens is 466 g/mol. The Morgan fingerprint density at radius 3 is 2.43 bits per heavy atom. The fourth-order valence-electron chi connectivity index (χ4n) is 4.38. The molecule has 1 heterocycles. The molecule has 37 heavy (non-hydrogen) atoms. The molecule has 206 valence electrons. The summed E-state index contributed by atoms with van der Waals surface area (Å²) in [5, 5.41) is 0. The van der Waals surface area contributed by atoms with E-state index in [2.05, 4.69) is 23.6 Å². The van der Waals surface area contributed by atoms with E-state index in [1.54, 1.807) is 19.1 Å². The molecule has 0 radical (unpaired) electrons. The first-order valence-corrected chi connectivity index (χ1v) is 13.5. The van der Waals surface area contributed by atoms with Crippen molar-refractivity contribution in [2.45, 2.75) is 84.8 Å². The van der Waals surface area contributed by atoms with Crippen LogP contribution in [0, 0.1) is 0 Å². The Hall–Kier alpha value is -2.80. The molecule has 0 bridgehead atoms. The Kier molecular flexibility index (Phi) is 12.7. The van der Waals surface area contributed by atoms with Crippen molar-refractivity contribution in [2.75, 3.05) is 33.9 Å². The summed E-state index contributed by atoms with van der Waals surface area (Å²) in [5.41, 5.74) is 1.77. The van der Waals surface area contributed by atoms with Gasteiger partial charge >= 0.3 is 0 Å². The number of unbranched alkanes of at least 4 members (excludes halogenated alkanes) is 3. The summed E-state index contributed by atoms with van der Waals surface area (Å²) in [5.74, 6) is 0.836. The van der Waals surface area contributed by atoms with E-state index in [4.69, 9.17) is 9.47 Å². The molecule has 2 rings (SSSR count). The molecule has 1 aromatic carbocycles. The van der Waals surface area contributed by atoms with E-state index in [0.717, 1.165) is 42.7 Å². The molecule has 0 unspecified atom stereocenters. The van der Waals surface area contributed by atoms with Gasteiger partial charge in [-0.25, -0.2) is 0 Å². The van der Waals surface area contributed by atoms with Gasteiger partial charge in [0.15, 0.2) is 0 Å². The van der Waals surface area contributed by atoms with Gasteiger partial charge in [0.05, 0.1) is 20.2 Å². The summed E-state index contributed by atoms with van der Waals surface area (Å²) in [4.78, 5) is 30.3. The normalized spacial score (nSPS) is 11.4. The number of rotatable bonds is 16. The van der Waals surface area contributed by atoms with E-state index in [-0.39, 0.29) is 18.4 Å². The van der Waals surface area contributed by atoms with E-state index in [1.165, 1.54) is 0 Å². The molecule has 0 saturated heterocycles. The molecule has 0 atom stereocenters. The van der Waals surface area contributed by atoms with Crippen LogP contribution in [0.15, 0.2) is 42.6 Å². The molecule has 0 spiro atoms. The molecule has 0 fully saturated rings. The maximum Gasteiger partial charge on any atom is 0.242 e. The van der Waals surface area contributed by atoms with Gasteiger partial charge in [-0.05, 0) is 63.4 Å². The third kappa shape index (κ3) is 10.2. The number of ether oxygens (including phenoxy) is 2. The second-order valence-corrected chi connectivity index (χ2v) is 10.6. The number of carbonyl (C=O) groups is 2. The lowest BCUT2D eigenvalue weighted by Gasteiger charge is -2.37. The SMILES string of the molecule is CCCCCCC(=O)N(CCCOC)CC(=O)N(Cc1cccn1Cc1cccc(OC)c1)C(C)(C)C. The van der Waals surface area contributed by atoms with E-state index >= 15 is 0 Å². The predicted octanol–water partition coefficient (Wildman–Crippen LogP) is 5.51. The second-order valence-electron chi connectivity index (χ2n) is 10.6. The van der Waals surface area contributed by atoms with Crippen LogP contribution < -0.4 is 4.74 Å². The first-order valence-electron chi connectivity index (χ1n) is 13.5. The quantitative estimate of drug-likeness (QED) is 0.278. The molecule has 7 nitrogen and oxygen atoms in total. The third-order valence-electron chi connectivity index (χ3n) is 6.54. The third-order valence-corrected chi connectivity index (χ3v) is 6.54. The topological polar surface area (TPSA) is 64.0 Å². The molecule has 7 heteroatoms. The first kappa shape index (κ1) is 30.4. The monoisotopic (exact) mass is 513 g/mol. The number of carbonyl (C=O) groups excluding carboxylic acids is 2. The van der Waals surface area contributed by atoms with Crippen LogP contribution in [0.25, 0.3) is 0 Å². The van der Waals surface area contributed by atoms with Crippen LogP contribution in [0.5, 0.6) is 5.75 Å². The summed E-state index contributed by atoms with van der Waals surface area (Å²) in [7, 11) is 3.32. The Morgan fingerprint density at radius 1 is 0.973 bits per heavy atom. The van der Waals surface area contributed by atoms with E-state index in [1.807, 2.05) is 56.1 Å². The van der Waals surface area contributed by atoms with Gasteiger partial charge in [0.2, 0.25) is 11.8 Å². The van der Waals surface area contributed by atoms with Crippen LogP contribution in [0.3, 0.4) is 0 Å². The van der Waals surface area contributed by atoms with Gasteiger partial charge in [-0.1, -0.05) is 38.3 Å². The average Bonchev–Trinajstić information content (AvgIpc) is 3.30. The molecule has 0 N–H and O–H groups in total. The van der Waals surface area contributed by atoms with Crippen molar-refractivity contribution in [2.24, 2.45) is 0 Å². The number of amides is 2. The number of nitrogens with zero attached hydrogens (tertiary/aromatic N) is 3. The maximum absolute atomic E-state index is 13.7. The summed E-state index contributed by atoms with van der Waals surface area (Å²) in [6.07, 6.45) is 7.40. The van der Waals surface area contributed by atoms with Gasteiger partial charge in [-0.15, -0.1) is 0 Å². The number of aromatic nitrogens is 1. The first-order chi connectivity index (χ1) is 17.7. The number of methoxy groups -OCH3 is 2. The summed E-state index contributed by atoms with van der Waals surface area (Å²) < 4.78 is 12.7. The zero-order valence-electron chi connectivity index (χ0n) is 23.8. The smallest absolute Gasteiger partial charge is 0.242 e. The lowest BCUT2D eigenvalue weighted by atomic mass is 10.0. The molecule has 0 saturated carbocycles. The van der Waals surface area contributed by atoms with Crippen molar-refractivity contribution in [3.05, 3.63) is 53.9 Å². The fourth-order valence-corrected chi connectivity index (χ4v) is 4.38. The van der Waals surface area contributed by atoms with Crippen LogP contribution in [0.4, 0.5) is 0 Å². The van der Waals surface area contributed by atoms with Crippen molar-refractivity contribution in [1.29, 1.82) is 0 Å². The number of benzene rings is 1. The maximum atomic E-state index is 13.7. The highest BCUT2D eigenvalue weighted by atomic mass is 16.5. The van der Waals surface area contributed by atoms with Gasteiger partial charge in [0.25, 0.3) is 0 Å². The van der Waals surface area contributed by atoms with Crippen LogP contribution >= 0.6 is 0 Å². The minimum absolute atomic E-state index is 0.0408. The van der Waals surface area contributed by atoms with E-state index in [0.29, 0.717) is 39.1 Å². The summed E-state index contributed by atoms with van der Waals surface area (Å²) >= 11 is 0. The largest absolute Gasteiger partial charge is 0.497 e. The Bertz CT molecular complexity index is 964. The highest BCUT2D eigenvalue weighted by Crippen LogP contribution is 2.21. The predicted molar refractivity (Wildman–Crippen MR) is 149 cm³/mol. The fraction of sp³-hybridized carbons (Fsp3) is 0.600. The highest BCUT2D eigenvalue weighted by molar-refractivity contribution is 5.85. The number of hydrogen-bond donors (Lipinski definition) is 0. The van der Waals surface area contributed by atoms with Gasteiger partial charge in [0, 0.05) is 50.7 Å². The van der Waals surface area contributed by atoms with Crippen molar-refractivity contribution < 1.29 is 19.1 Å². The lowest BCUT2D eigenvalue weighted by molar-refractivity contribution is -0.144. The summed E-state index contributed by atoms with van der Waals surface area (Å²) in [6.45, 7) is 10.6. The molecule has 0 aliphatic heterocycles. The van der Waals surface area contributed by atoms with Crippen LogP contribution in [0.2, 0.25) is 0 Å². The van der Waals surface area contributed by atoms with Crippen molar-refractivity contribution in [3.8, 4) is 5.75 Å². The zero-order valence-corrected chi connectivity index (χ0v) is 23.8. The molecule has 0 aliphatic rings. The van der Waals surface area contributed by atoms with Gasteiger partial charge in [-0.3, -0.25) is 9.59 Å².